The van der Waals surface area contributed by atoms with Crippen molar-refractivity contribution in [3.8, 4) is 11.5 Å². The van der Waals surface area contributed by atoms with Crippen LogP contribution in [0, 0.1) is 0 Å². The first-order valence-electron chi connectivity index (χ1n) is 12.8. The minimum Gasteiger partial charge on any atom is -0.497 e. The van der Waals surface area contributed by atoms with Crippen LogP contribution in [0.3, 0.4) is 0 Å². The van der Waals surface area contributed by atoms with Crippen LogP contribution in [0.2, 0.25) is 0 Å². The lowest BCUT2D eigenvalue weighted by Crippen LogP contribution is -2.42. The van der Waals surface area contributed by atoms with Gasteiger partial charge in [0.2, 0.25) is 5.95 Å². The summed E-state index contributed by atoms with van der Waals surface area (Å²) in [6, 6.07) is 5.90. The molecule has 1 aromatic heterocycles. The lowest BCUT2D eigenvalue weighted by Gasteiger charge is -2.26. The number of ether oxygens (including phenoxy) is 3. The summed E-state index contributed by atoms with van der Waals surface area (Å²) in [7, 11) is 7.25. The minimum atomic E-state index is -2.74. The smallest absolute Gasteiger partial charge is 0.336 e. The van der Waals surface area contributed by atoms with Crippen LogP contribution in [0.1, 0.15) is 36.8 Å². The molecule has 0 bridgehead atoms. The van der Waals surface area contributed by atoms with Gasteiger partial charge in [0.25, 0.3) is 0 Å². The van der Waals surface area contributed by atoms with Crippen LogP contribution < -0.4 is 14.4 Å². The van der Waals surface area contributed by atoms with E-state index >= 15 is 0 Å². The number of carbonyl (C=O) groups is 3. The average Bonchev–Trinajstić information content (AvgIpc) is 3.41. The molecule has 0 saturated carbocycles. The predicted molar refractivity (Wildman–Crippen MR) is 146 cm³/mol. The third-order valence-corrected chi connectivity index (χ3v) is 6.15. The number of aliphatic carboxylic acids is 3. The van der Waals surface area contributed by atoms with Crippen molar-refractivity contribution in [2.45, 2.75) is 50.5 Å². The van der Waals surface area contributed by atoms with Gasteiger partial charge in [0, 0.05) is 63.9 Å². The predicted octanol–water partition coefficient (Wildman–Crippen LogP) is 1.49. The number of carboxylic acids is 3. The number of nitrogens with zero attached hydrogens (tertiary/aromatic N) is 4. The number of rotatable bonds is 14. The van der Waals surface area contributed by atoms with Crippen molar-refractivity contribution in [2.24, 2.45) is 0 Å². The lowest BCUT2D eigenvalue weighted by atomic mass is 9.96. The Bertz CT molecular complexity index is 1140. The fourth-order valence-electron chi connectivity index (χ4n) is 4.14. The molecule has 0 spiro atoms. The molecule has 2 heterocycles. The second-order valence-corrected chi connectivity index (χ2v) is 9.75. The molecule has 1 saturated heterocycles. The standard InChI is InChI=1S/C21H30N4O3.C6H8O7/c1-24(2)21-22-11-16(12-23-21)13-25(15-19-6-5-9-28-19)14-17-10-18(26-3)7-8-20(17)27-4;7-3(8)1-6(13,5(11)12)2-4(9)10/h7-8,10-12,19H,5-6,9,13-15H2,1-4H3;13H,1-2H2,(H,7,8)(H,9,10)(H,11,12). The molecule has 1 aliphatic heterocycles. The van der Waals surface area contributed by atoms with Gasteiger partial charge >= 0.3 is 17.9 Å². The SMILES string of the molecule is COc1ccc(OC)c(CN(Cc2cnc(N(C)C)nc2)CC2CCCO2)c1.O=C(O)CC(O)(CC(=O)O)C(=O)O. The molecule has 2 aromatic rings. The molecule has 1 atom stereocenters. The third kappa shape index (κ3) is 10.8. The fraction of sp³-hybridized carbons (Fsp3) is 0.519. The Morgan fingerprint density at radius 2 is 1.66 bits per heavy atom. The summed E-state index contributed by atoms with van der Waals surface area (Å²) >= 11 is 0. The summed E-state index contributed by atoms with van der Waals surface area (Å²) in [4.78, 5) is 43.6. The Balaban J connectivity index is 0.000000383. The van der Waals surface area contributed by atoms with Crippen molar-refractivity contribution in [2.75, 3.05) is 46.4 Å². The van der Waals surface area contributed by atoms with Crippen molar-refractivity contribution in [3.05, 3.63) is 41.7 Å². The third-order valence-electron chi connectivity index (χ3n) is 6.15. The Morgan fingerprint density at radius 3 is 2.12 bits per heavy atom. The van der Waals surface area contributed by atoms with E-state index < -0.39 is 36.4 Å². The molecular weight excluding hydrogens is 540 g/mol. The molecule has 0 radical (unpaired) electrons. The maximum absolute atomic E-state index is 10.3. The van der Waals surface area contributed by atoms with Gasteiger partial charge in [-0.1, -0.05) is 0 Å². The van der Waals surface area contributed by atoms with Gasteiger partial charge in [-0.15, -0.1) is 0 Å². The van der Waals surface area contributed by atoms with Gasteiger partial charge in [-0.2, -0.15) is 0 Å². The zero-order chi connectivity index (χ0) is 30.6. The molecule has 1 unspecified atom stereocenters. The van der Waals surface area contributed by atoms with Crippen LogP contribution in [0.25, 0.3) is 0 Å². The van der Waals surface area contributed by atoms with Crippen molar-refractivity contribution in [1.82, 2.24) is 14.9 Å². The summed E-state index contributed by atoms with van der Waals surface area (Å²) in [6.45, 7) is 3.18. The maximum atomic E-state index is 10.3. The van der Waals surface area contributed by atoms with E-state index in [4.69, 9.17) is 34.6 Å². The van der Waals surface area contributed by atoms with Crippen LogP contribution >= 0.6 is 0 Å². The number of aromatic nitrogens is 2. The van der Waals surface area contributed by atoms with E-state index in [0.717, 1.165) is 61.7 Å². The Labute approximate surface area is 238 Å². The van der Waals surface area contributed by atoms with E-state index in [9.17, 15) is 14.4 Å². The van der Waals surface area contributed by atoms with Gasteiger partial charge in [0.1, 0.15) is 11.5 Å². The Morgan fingerprint density at radius 1 is 1.02 bits per heavy atom. The maximum Gasteiger partial charge on any atom is 0.336 e. The van der Waals surface area contributed by atoms with Crippen LogP contribution in [0.15, 0.2) is 30.6 Å². The Kier molecular flexibility index (Phi) is 12.7. The van der Waals surface area contributed by atoms with E-state index in [1.54, 1.807) is 14.2 Å². The second-order valence-electron chi connectivity index (χ2n) is 9.75. The number of benzene rings is 1. The number of hydrogen-bond donors (Lipinski definition) is 4. The summed E-state index contributed by atoms with van der Waals surface area (Å²) in [6.07, 6.45) is 3.99. The van der Waals surface area contributed by atoms with Crippen LogP contribution in [0.5, 0.6) is 11.5 Å². The monoisotopic (exact) mass is 578 g/mol. The number of methoxy groups -OCH3 is 2. The highest BCUT2D eigenvalue weighted by Gasteiger charge is 2.40. The first-order valence-corrected chi connectivity index (χ1v) is 12.8. The van der Waals surface area contributed by atoms with Gasteiger partial charge < -0.3 is 39.5 Å². The van der Waals surface area contributed by atoms with E-state index in [-0.39, 0.29) is 6.10 Å². The van der Waals surface area contributed by atoms with Crippen molar-refractivity contribution in [1.29, 1.82) is 0 Å². The molecular formula is C27H38N4O10. The van der Waals surface area contributed by atoms with E-state index in [1.807, 2.05) is 49.6 Å². The van der Waals surface area contributed by atoms with Gasteiger partial charge in [0.15, 0.2) is 5.60 Å². The molecule has 1 fully saturated rings. The topological polar surface area (TPSA) is 192 Å². The molecule has 14 heteroatoms. The quantitative estimate of drug-likeness (QED) is 0.252. The van der Waals surface area contributed by atoms with Crippen molar-refractivity contribution < 1.29 is 49.0 Å². The summed E-state index contributed by atoms with van der Waals surface area (Å²) in [5.41, 5.74) is -0.575. The molecule has 1 aromatic carbocycles. The van der Waals surface area contributed by atoms with Crippen molar-refractivity contribution in [3.63, 3.8) is 0 Å². The highest BCUT2D eigenvalue weighted by molar-refractivity contribution is 5.88. The van der Waals surface area contributed by atoms with Gasteiger partial charge in [0.05, 0.1) is 33.2 Å². The van der Waals surface area contributed by atoms with Crippen LogP contribution in [-0.2, 0) is 32.2 Å². The first-order chi connectivity index (χ1) is 19.4. The molecule has 226 valence electrons. The van der Waals surface area contributed by atoms with Crippen LogP contribution in [-0.4, -0.2) is 106 Å². The number of carboxylic acid groups (broad SMARTS) is 3. The first kappa shape index (κ1) is 33.2. The minimum absolute atomic E-state index is 0.263. The molecule has 4 N–H and O–H groups in total. The Hall–Kier alpha value is -4.01. The second kappa shape index (κ2) is 15.7. The van der Waals surface area contributed by atoms with Crippen molar-refractivity contribution >= 4 is 23.9 Å². The van der Waals surface area contributed by atoms with Gasteiger partial charge in [-0.25, -0.2) is 14.8 Å². The van der Waals surface area contributed by atoms with Gasteiger partial charge in [-0.3, -0.25) is 14.5 Å². The molecule has 1 aliphatic rings. The highest BCUT2D eigenvalue weighted by Crippen LogP contribution is 2.27. The summed E-state index contributed by atoms with van der Waals surface area (Å²) < 4.78 is 16.8. The number of anilines is 1. The number of hydrogen-bond acceptors (Lipinski definition) is 11. The van der Waals surface area contributed by atoms with E-state index in [1.165, 1.54) is 0 Å². The molecule has 0 amide bonds. The summed E-state index contributed by atoms with van der Waals surface area (Å²) in [5, 5.41) is 33.8. The lowest BCUT2D eigenvalue weighted by molar-refractivity contribution is -0.170. The zero-order valence-corrected chi connectivity index (χ0v) is 23.6. The fourth-order valence-corrected chi connectivity index (χ4v) is 4.14. The molecule has 0 aliphatic carbocycles. The largest absolute Gasteiger partial charge is 0.497 e. The molecule has 14 nitrogen and oxygen atoms in total. The highest BCUT2D eigenvalue weighted by atomic mass is 16.5. The van der Waals surface area contributed by atoms with Crippen LogP contribution in [0.4, 0.5) is 5.95 Å². The molecule has 41 heavy (non-hydrogen) atoms. The van der Waals surface area contributed by atoms with E-state index in [2.05, 4.69) is 14.9 Å². The average molecular weight is 579 g/mol. The summed E-state index contributed by atoms with van der Waals surface area (Å²) in [5.74, 6) is -2.62. The van der Waals surface area contributed by atoms with Gasteiger partial charge in [-0.05, 0) is 31.0 Å². The molecule has 3 rings (SSSR count). The van der Waals surface area contributed by atoms with E-state index in [0.29, 0.717) is 5.95 Å². The normalized spacial score (nSPS) is 14.6. The zero-order valence-electron chi connectivity index (χ0n) is 23.6. The number of aliphatic hydroxyl groups is 1.